The van der Waals surface area contributed by atoms with E-state index in [4.69, 9.17) is 4.74 Å². The lowest BCUT2D eigenvalue weighted by molar-refractivity contribution is 0.313. The summed E-state index contributed by atoms with van der Waals surface area (Å²) >= 11 is 0. The molecule has 0 spiro atoms. The van der Waals surface area contributed by atoms with E-state index in [1.54, 1.807) is 0 Å². The number of anilines is 2. The fourth-order valence-electron chi connectivity index (χ4n) is 2.04. The third-order valence-corrected chi connectivity index (χ3v) is 3.29. The molecular formula is C15H17N5O2. The van der Waals surface area contributed by atoms with Crippen molar-refractivity contribution in [2.75, 3.05) is 12.4 Å². The van der Waals surface area contributed by atoms with Crippen LogP contribution in [0, 0.1) is 0 Å². The van der Waals surface area contributed by atoms with Crippen molar-refractivity contribution < 1.29 is 9.37 Å². The predicted octanol–water partition coefficient (Wildman–Crippen LogP) is 3.06. The Morgan fingerprint density at radius 1 is 1.00 bits per heavy atom. The zero-order valence-corrected chi connectivity index (χ0v) is 12.9. The molecule has 3 rings (SSSR count). The van der Waals surface area contributed by atoms with Gasteiger partial charge in [-0.05, 0) is 33.4 Å². The number of nitrogens with one attached hydrogen (secondary N) is 1. The van der Waals surface area contributed by atoms with Crippen LogP contribution >= 0.6 is 0 Å². The van der Waals surface area contributed by atoms with Crippen molar-refractivity contribution in [2.45, 2.75) is 26.2 Å². The molecule has 22 heavy (non-hydrogen) atoms. The summed E-state index contributed by atoms with van der Waals surface area (Å²) in [5.41, 5.74) is 2.89. The standard InChI is InChI=1S/C15H17N5O2/c1-15(2,3)9-5-7-10(8-6-9)16-13-14(21-4)18-12-11(17-13)19-22-20-12/h5-8H,1-4H3,(H,16,17,19). The zero-order valence-electron chi connectivity index (χ0n) is 12.9. The molecule has 114 valence electrons. The predicted molar refractivity (Wildman–Crippen MR) is 82.4 cm³/mol. The van der Waals surface area contributed by atoms with E-state index in [-0.39, 0.29) is 5.41 Å². The molecule has 7 nitrogen and oxygen atoms in total. The third kappa shape index (κ3) is 2.69. The summed E-state index contributed by atoms with van der Waals surface area (Å²) in [6.45, 7) is 6.53. The maximum Gasteiger partial charge on any atom is 0.259 e. The highest BCUT2D eigenvalue weighted by Gasteiger charge is 2.15. The van der Waals surface area contributed by atoms with Gasteiger partial charge in [-0.15, -0.1) is 0 Å². The summed E-state index contributed by atoms with van der Waals surface area (Å²) in [6, 6.07) is 8.15. The molecule has 0 radical (unpaired) electrons. The summed E-state index contributed by atoms with van der Waals surface area (Å²) in [4.78, 5) is 8.50. The number of methoxy groups -OCH3 is 1. The van der Waals surface area contributed by atoms with Gasteiger partial charge in [0.1, 0.15) is 0 Å². The lowest BCUT2D eigenvalue weighted by atomic mass is 9.87. The second-order valence-electron chi connectivity index (χ2n) is 5.95. The lowest BCUT2D eigenvalue weighted by Crippen LogP contribution is -2.10. The van der Waals surface area contributed by atoms with Gasteiger partial charge in [-0.1, -0.05) is 32.9 Å². The van der Waals surface area contributed by atoms with E-state index in [2.05, 4.69) is 63.1 Å². The van der Waals surface area contributed by atoms with Crippen molar-refractivity contribution in [3.63, 3.8) is 0 Å². The van der Waals surface area contributed by atoms with Gasteiger partial charge in [0.25, 0.3) is 5.88 Å². The molecule has 0 aliphatic rings. The largest absolute Gasteiger partial charge is 0.478 e. The zero-order chi connectivity index (χ0) is 15.7. The van der Waals surface area contributed by atoms with E-state index >= 15 is 0 Å². The highest BCUT2D eigenvalue weighted by atomic mass is 16.6. The van der Waals surface area contributed by atoms with Gasteiger partial charge in [-0.25, -0.2) is 4.63 Å². The molecule has 0 bridgehead atoms. The number of aromatic nitrogens is 4. The monoisotopic (exact) mass is 299 g/mol. The van der Waals surface area contributed by atoms with Crippen LogP contribution in [-0.4, -0.2) is 27.4 Å². The molecule has 3 aromatic rings. The second-order valence-corrected chi connectivity index (χ2v) is 5.95. The van der Waals surface area contributed by atoms with Crippen LogP contribution in [0.4, 0.5) is 11.5 Å². The normalized spacial score (nSPS) is 11.6. The van der Waals surface area contributed by atoms with Crippen LogP contribution < -0.4 is 10.1 Å². The maximum absolute atomic E-state index is 5.23. The summed E-state index contributed by atoms with van der Waals surface area (Å²) in [6.07, 6.45) is 0. The van der Waals surface area contributed by atoms with Gasteiger partial charge in [0, 0.05) is 5.69 Å². The van der Waals surface area contributed by atoms with E-state index in [9.17, 15) is 0 Å². The SMILES string of the molecule is COc1nc2nonc2nc1Nc1ccc(C(C)(C)C)cc1. The first kappa shape index (κ1) is 14.2. The van der Waals surface area contributed by atoms with Gasteiger partial charge in [0.2, 0.25) is 11.3 Å². The molecule has 0 aliphatic heterocycles. The van der Waals surface area contributed by atoms with Gasteiger partial charge >= 0.3 is 0 Å². The fraction of sp³-hybridized carbons (Fsp3) is 0.333. The van der Waals surface area contributed by atoms with Crippen molar-refractivity contribution in [1.29, 1.82) is 0 Å². The Morgan fingerprint density at radius 3 is 2.23 bits per heavy atom. The molecule has 1 aromatic carbocycles. The highest BCUT2D eigenvalue weighted by molar-refractivity contribution is 5.71. The first-order chi connectivity index (χ1) is 10.5. The van der Waals surface area contributed by atoms with Crippen LogP contribution in [0.5, 0.6) is 5.88 Å². The molecule has 0 saturated carbocycles. The average molecular weight is 299 g/mol. The molecule has 7 heteroatoms. The Bertz CT molecular complexity index is 790. The van der Waals surface area contributed by atoms with E-state index in [0.717, 1.165) is 5.69 Å². The number of hydrogen-bond donors (Lipinski definition) is 1. The molecular weight excluding hydrogens is 282 g/mol. The molecule has 0 unspecified atom stereocenters. The molecule has 0 fully saturated rings. The van der Waals surface area contributed by atoms with E-state index in [1.165, 1.54) is 12.7 Å². The minimum Gasteiger partial charge on any atom is -0.478 e. The van der Waals surface area contributed by atoms with Crippen molar-refractivity contribution in [3.05, 3.63) is 29.8 Å². The molecule has 0 amide bonds. The fourth-order valence-corrected chi connectivity index (χ4v) is 2.04. The first-order valence-corrected chi connectivity index (χ1v) is 6.89. The first-order valence-electron chi connectivity index (χ1n) is 6.89. The Morgan fingerprint density at radius 2 is 1.64 bits per heavy atom. The van der Waals surface area contributed by atoms with Crippen LogP contribution in [0.1, 0.15) is 26.3 Å². The van der Waals surface area contributed by atoms with Gasteiger partial charge < -0.3 is 10.1 Å². The molecule has 0 aliphatic carbocycles. The van der Waals surface area contributed by atoms with Crippen LogP contribution in [-0.2, 0) is 5.41 Å². The molecule has 2 heterocycles. The third-order valence-electron chi connectivity index (χ3n) is 3.29. The number of fused-ring (bicyclic) bond motifs is 1. The Hall–Kier alpha value is -2.70. The van der Waals surface area contributed by atoms with Crippen LogP contribution in [0.25, 0.3) is 11.3 Å². The van der Waals surface area contributed by atoms with E-state index in [0.29, 0.717) is 23.0 Å². The van der Waals surface area contributed by atoms with E-state index < -0.39 is 0 Å². The molecule has 0 saturated heterocycles. The molecule has 0 atom stereocenters. The minimum atomic E-state index is 0.112. The van der Waals surface area contributed by atoms with Gasteiger partial charge in [-0.2, -0.15) is 9.97 Å². The lowest BCUT2D eigenvalue weighted by Gasteiger charge is -2.19. The van der Waals surface area contributed by atoms with Gasteiger partial charge in [-0.3, -0.25) is 0 Å². The van der Waals surface area contributed by atoms with E-state index in [1.807, 2.05) is 12.1 Å². The van der Waals surface area contributed by atoms with Crippen molar-refractivity contribution in [3.8, 4) is 5.88 Å². The van der Waals surface area contributed by atoms with Crippen LogP contribution in [0.2, 0.25) is 0 Å². The topological polar surface area (TPSA) is 86.0 Å². The number of hydrogen-bond acceptors (Lipinski definition) is 7. The Balaban J connectivity index is 1.92. The quantitative estimate of drug-likeness (QED) is 0.795. The van der Waals surface area contributed by atoms with Crippen molar-refractivity contribution in [1.82, 2.24) is 20.3 Å². The Kier molecular flexibility index (Phi) is 3.40. The van der Waals surface area contributed by atoms with Crippen molar-refractivity contribution in [2.24, 2.45) is 0 Å². The number of benzene rings is 1. The number of nitrogens with zero attached hydrogens (tertiary/aromatic N) is 4. The highest BCUT2D eigenvalue weighted by Crippen LogP contribution is 2.27. The van der Waals surface area contributed by atoms with Gasteiger partial charge in [0.15, 0.2) is 5.82 Å². The number of rotatable bonds is 3. The second kappa shape index (κ2) is 5.25. The summed E-state index contributed by atoms with van der Waals surface area (Å²) < 4.78 is 9.84. The number of ether oxygens (including phenoxy) is 1. The van der Waals surface area contributed by atoms with Gasteiger partial charge in [0.05, 0.1) is 7.11 Å². The Labute approximate surface area is 127 Å². The van der Waals surface area contributed by atoms with Crippen LogP contribution in [0.3, 0.4) is 0 Å². The smallest absolute Gasteiger partial charge is 0.259 e. The van der Waals surface area contributed by atoms with Crippen LogP contribution in [0.15, 0.2) is 28.9 Å². The van der Waals surface area contributed by atoms with Crippen molar-refractivity contribution >= 4 is 22.8 Å². The summed E-state index contributed by atoms with van der Waals surface area (Å²) in [5.74, 6) is 0.803. The molecule has 2 aromatic heterocycles. The molecule has 1 N–H and O–H groups in total. The summed E-state index contributed by atoms with van der Waals surface area (Å²) in [7, 11) is 1.53. The minimum absolute atomic E-state index is 0.112. The summed E-state index contributed by atoms with van der Waals surface area (Å²) in [5, 5.41) is 10.5. The average Bonchev–Trinajstić information content (AvgIpc) is 2.93. The maximum atomic E-state index is 5.23.